The van der Waals surface area contributed by atoms with Crippen LogP contribution in [0.4, 0.5) is 0 Å². The summed E-state index contributed by atoms with van der Waals surface area (Å²) in [5.74, 6) is 0. The van der Waals surface area contributed by atoms with Crippen molar-refractivity contribution in [2.75, 3.05) is 6.54 Å². The molecule has 2 nitrogen and oxygen atoms in total. The predicted molar refractivity (Wildman–Crippen MR) is 55.4 cm³/mol. The molecule has 0 fully saturated rings. The molecule has 1 aromatic heterocycles. The van der Waals surface area contributed by atoms with Gasteiger partial charge in [-0.2, -0.15) is 0 Å². The molecule has 0 atom stereocenters. The molecular weight excluding hydrogens is 160 g/mol. The largest absolute Gasteiger partial charge is 0.312 e. The van der Waals surface area contributed by atoms with Gasteiger partial charge in [0, 0.05) is 18.9 Å². The van der Waals surface area contributed by atoms with E-state index in [-0.39, 0.29) is 0 Å². The Morgan fingerprint density at radius 1 is 1.62 bits per heavy atom. The van der Waals surface area contributed by atoms with Crippen LogP contribution in [0.3, 0.4) is 0 Å². The molecule has 0 amide bonds. The van der Waals surface area contributed by atoms with E-state index in [1.54, 1.807) is 6.20 Å². The molecule has 2 heteroatoms. The fourth-order valence-electron chi connectivity index (χ4n) is 1.04. The highest BCUT2D eigenvalue weighted by Crippen LogP contribution is 1.96. The Balaban J connectivity index is 2.17. The van der Waals surface area contributed by atoms with E-state index >= 15 is 0 Å². The quantitative estimate of drug-likeness (QED) is 0.549. The average molecular weight is 176 g/mol. The molecule has 70 valence electrons. The van der Waals surface area contributed by atoms with Crippen molar-refractivity contribution in [3.63, 3.8) is 0 Å². The minimum Gasteiger partial charge on any atom is -0.312 e. The minimum absolute atomic E-state index is 0.890. The lowest BCUT2D eigenvalue weighted by Gasteiger charge is -2.03. The molecule has 0 unspecified atom stereocenters. The van der Waals surface area contributed by atoms with Gasteiger partial charge < -0.3 is 5.32 Å². The molecule has 1 N–H and O–H groups in total. The van der Waals surface area contributed by atoms with Crippen molar-refractivity contribution in [3.05, 3.63) is 42.2 Å². The van der Waals surface area contributed by atoms with Crippen molar-refractivity contribution in [1.82, 2.24) is 10.3 Å². The van der Waals surface area contributed by atoms with Gasteiger partial charge in [-0.15, -0.1) is 6.58 Å². The van der Waals surface area contributed by atoms with Crippen LogP contribution in [-0.4, -0.2) is 11.5 Å². The van der Waals surface area contributed by atoms with Crippen molar-refractivity contribution in [2.45, 2.75) is 19.9 Å². The zero-order chi connectivity index (χ0) is 9.52. The number of aromatic nitrogens is 1. The van der Waals surface area contributed by atoms with Gasteiger partial charge in [-0.1, -0.05) is 11.6 Å². The van der Waals surface area contributed by atoms with Gasteiger partial charge in [0.2, 0.25) is 0 Å². The first kappa shape index (κ1) is 9.93. The van der Waals surface area contributed by atoms with Gasteiger partial charge in [-0.25, -0.2) is 0 Å². The highest BCUT2D eigenvalue weighted by Gasteiger charge is 1.91. The monoisotopic (exact) mass is 176 g/mol. The van der Waals surface area contributed by atoms with Gasteiger partial charge in [0.05, 0.1) is 0 Å². The van der Waals surface area contributed by atoms with E-state index in [2.05, 4.69) is 22.9 Å². The molecule has 0 saturated heterocycles. The molecule has 0 aromatic carbocycles. The number of hydrogen-bond acceptors (Lipinski definition) is 2. The molecule has 1 heterocycles. The van der Waals surface area contributed by atoms with Gasteiger partial charge >= 0.3 is 0 Å². The Kier molecular flexibility index (Phi) is 4.19. The molecule has 0 spiro atoms. The predicted octanol–water partition coefficient (Wildman–Crippen LogP) is 2.14. The number of pyridine rings is 1. The molecule has 0 aliphatic carbocycles. The molecule has 0 aliphatic heterocycles. The highest BCUT2D eigenvalue weighted by atomic mass is 14.8. The summed E-state index contributed by atoms with van der Waals surface area (Å²) in [6.45, 7) is 7.78. The van der Waals surface area contributed by atoms with Gasteiger partial charge in [0.1, 0.15) is 0 Å². The van der Waals surface area contributed by atoms with E-state index in [1.807, 2.05) is 19.2 Å². The second-order valence-electron chi connectivity index (χ2n) is 3.25. The zero-order valence-corrected chi connectivity index (χ0v) is 8.09. The molecule has 1 aromatic rings. The molecular formula is C11H16N2. The first-order chi connectivity index (χ1) is 6.29. The Morgan fingerprint density at radius 3 is 3.08 bits per heavy atom. The van der Waals surface area contributed by atoms with Crippen molar-refractivity contribution in [3.8, 4) is 0 Å². The second-order valence-corrected chi connectivity index (χ2v) is 3.25. The Morgan fingerprint density at radius 2 is 2.46 bits per heavy atom. The van der Waals surface area contributed by atoms with Crippen molar-refractivity contribution in [1.29, 1.82) is 0 Å². The first-order valence-electron chi connectivity index (χ1n) is 4.53. The SMILES string of the molecule is C=C(C)CCNCc1cccnc1. The molecule has 1 rings (SSSR count). The fourth-order valence-corrected chi connectivity index (χ4v) is 1.04. The summed E-state index contributed by atoms with van der Waals surface area (Å²) < 4.78 is 0. The first-order valence-corrected chi connectivity index (χ1v) is 4.53. The lowest BCUT2D eigenvalue weighted by Crippen LogP contribution is -2.14. The minimum atomic E-state index is 0.890. The maximum Gasteiger partial charge on any atom is 0.0312 e. The Labute approximate surface area is 79.7 Å². The van der Waals surface area contributed by atoms with Crippen molar-refractivity contribution >= 4 is 0 Å². The summed E-state index contributed by atoms with van der Waals surface area (Å²) in [5, 5.41) is 3.33. The fraction of sp³-hybridized carbons (Fsp3) is 0.364. The molecule has 0 aliphatic rings. The summed E-state index contributed by atoms with van der Waals surface area (Å²) in [5.41, 5.74) is 2.45. The maximum atomic E-state index is 4.04. The molecule has 13 heavy (non-hydrogen) atoms. The van der Waals surface area contributed by atoms with Crippen LogP contribution < -0.4 is 5.32 Å². The number of rotatable bonds is 5. The Bertz CT molecular complexity index is 254. The van der Waals surface area contributed by atoms with Crippen LogP contribution in [0, 0.1) is 0 Å². The zero-order valence-electron chi connectivity index (χ0n) is 8.09. The topological polar surface area (TPSA) is 24.9 Å². The van der Waals surface area contributed by atoms with Crippen LogP contribution in [0.25, 0.3) is 0 Å². The van der Waals surface area contributed by atoms with Crippen LogP contribution in [0.15, 0.2) is 36.7 Å². The summed E-state index contributed by atoms with van der Waals surface area (Å²) in [7, 11) is 0. The summed E-state index contributed by atoms with van der Waals surface area (Å²) in [6, 6.07) is 4.02. The van der Waals surface area contributed by atoms with Crippen LogP contribution in [-0.2, 0) is 6.54 Å². The molecule has 0 radical (unpaired) electrons. The van der Waals surface area contributed by atoms with Crippen molar-refractivity contribution in [2.24, 2.45) is 0 Å². The van der Waals surface area contributed by atoms with E-state index < -0.39 is 0 Å². The molecule has 0 saturated carbocycles. The van der Waals surface area contributed by atoms with Crippen LogP contribution in [0.2, 0.25) is 0 Å². The van der Waals surface area contributed by atoms with E-state index in [1.165, 1.54) is 11.1 Å². The van der Waals surface area contributed by atoms with Gasteiger partial charge in [-0.05, 0) is 31.5 Å². The number of nitrogens with zero attached hydrogens (tertiary/aromatic N) is 1. The average Bonchev–Trinajstić information content (AvgIpc) is 2.14. The van der Waals surface area contributed by atoms with Crippen LogP contribution >= 0.6 is 0 Å². The third kappa shape index (κ3) is 4.43. The second kappa shape index (κ2) is 5.49. The maximum absolute atomic E-state index is 4.04. The van der Waals surface area contributed by atoms with Crippen LogP contribution in [0.1, 0.15) is 18.9 Å². The molecule has 0 bridgehead atoms. The van der Waals surface area contributed by atoms with E-state index in [0.717, 1.165) is 19.5 Å². The normalized spacial score (nSPS) is 9.92. The van der Waals surface area contributed by atoms with Crippen LogP contribution in [0.5, 0.6) is 0 Å². The third-order valence-corrected chi connectivity index (χ3v) is 1.78. The van der Waals surface area contributed by atoms with E-state index in [4.69, 9.17) is 0 Å². The lowest BCUT2D eigenvalue weighted by molar-refractivity contribution is 0.683. The van der Waals surface area contributed by atoms with E-state index in [0.29, 0.717) is 0 Å². The van der Waals surface area contributed by atoms with Crippen molar-refractivity contribution < 1.29 is 0 Å². The van der Waals surface area contributed by atoms with E-state index in [9.17, 15) is 0 Å². The summed E-state index contributed by atoms with van der Waals surface area (Å²) >= 11 is 0. The standard InChI is InChI=1S/C11H16N2/c1-10(2)5-7-13-9-11-4-3-6-12-8-11/h3-4,6,8,13H,1,5,7,9H2,2H3. The van der Waals surface area contributed by atoms with Gasteiger partial charge in [0.25, 0.3) is 0 Å². The summed E-state index contributed by atoms with van der Waals surface area (Å²) in [4.78, 5) is 4.04. The Hall–Kier alpha value is -1.15. The number of hydrogen-bond donors (Lipinski definition) is 1. The third-order valence-electron chi connectivity index (χ3n) is 1.78. The highest BCUT2D eigenvalue weighted by molar-refractivity contribution is 5.07. The van der Waals surface area contributed by atoms with Gasteiger partial charge in [-0.3, -0.25) is 4.98 Å². The number of nitrogens with one attached hydrogen (secondary N) is 1. The summed E-state index contributed by atoms with van der Waals surface area (Å²) in [6.07, 6.45) is 4.71. The smallest absolute Gasteiger partial charge is 0.0312 e. The van der Waals surface area contributed by atoms with Gasteiger partial charge in [0.15, 0.2) is 0 Å². The lowest BCUT2D eigenvalue weighted by atomic mass is 10.2.